The number of anilines is 2. The van der Waals surface area contributed by atoms with E-state index in [9.17, 15) is 41.0 Å². The molecule has 0 saturated heterocycles. The summed E-state index contributed by atoms with van der Waals surface area (Å²) in [5, 5.41) is 14.8. The minimum Gasteiger partial charge on any atom is -0.478 e. The van der Waals surface area contributed by atoms with Gasteiger partial charge in [-0.2, -0.15) is 26.3 Å². The van der Waals surface area contributed by atoms with Crippen LogP contribution in [0.1, 0.15) is 55.8 Å². The summed E-state index contributed by atoms with van der Waals surface area (Å²) in [6.07, 6.45) is -0.345. The molecule has 0 aliphatic heterocycles. The highest BCUT2D eigenvalue weighted by Crippen LogP contribution is 2.31. The first-order valence-electron chi connectivity index (χ1n) is 17.3. The van der Waals surface area contributed by atoms with Crippen molar-refractivity contribution in [3.05, 3.63) is 120 Å². The third kappa shape index (κ3) is 10.00. The number of rotatable bonds is 12. The molecule has 3 N–H and O–H groups in total. The molecule has 16 heteroatoms. The Morgan fingerprint density at radius 3 is 1.51 bits per heavy atom. The van der Waals surface area contributed by atoms with E-state index >= 15 is 0 Å². The second-order valence-electron chi connectivity index (χ2n) is 12.9. The highest BCUT2D eigenvalue weighted by molar-refractivity contribution is 5.92. The normalized spacial score (nSPS) is 11.5. The Balaban J connectivity index is 0.000000218. The monoisotopic (exact) mass is 792 g/mol. The first-order chi connectivity index (χ1) is 26.9. The molecule has 0 atom stereocenters. The third-order valence-electron chi connectivity index (χ3n) is 8.85. The van der Waals surface area contributed by atoms with Crippen LogP contribution in [0.2, 0.25) is 0 Å². The Labute approximate surface area is 323 Å². The molecule has 4 heterocycles. The largest absolute Gasteiger partial charge is 0.478 e. The van der Waals surface area contributed by atoms with Crippen LogP contribution in [0.4, 0.5) is 37.7 Å². The number of nitrogens with one attached hydrogen (secondary N) is 2. The van der Waals surface area contributed by atoms with Crippen molar-refractivity contribution in [1.29, 1.82) is 0 Å². The van der Waals surface area contributed by atoms with Gasteiger partial charge in [0.15, 0.2) is 11.3 Å². The topological polar surface area (TPSA) is 122 Å². The maximum Gasteiger partial charge on any atom is 0.390 e. The second kappa shape index (κ2) is 17.1. The van der Waals surface area contributed by atoms with Crippen LogP contribution in [-0.2, 0) is 4.74 Å². The zero-order valence-electron chi connectivity index (χ0n) is 31.1. The van der Waals surface area contributed by atoms with Gasteiger partial charge in [-0.3, -0.25) is 8.80 Å². The van der Waals surface area contributed by atoms with Gasteiger partial charge in [0.2, 0.25) is 0 Å². The van der Waals surface area contributed by atoms with Crippen molar-refractivity contribution in [3.63, 3.8) is 0 Å². The van der Waals surface area contributed by atoms with Crippen molar-refractivity contribution >= 4 is 46.8 Å². The molecule has 0 saturated carbocycles. The minimum absolute atomic E-state index is 0.207. The Morgan fingerprint density at radius 1 is 0.737 bits per heavy atom. The highest BCUT2D eigenvalue weighted by atomic mass is 19.4. The predicted molar refractivity (Wildman–Crippen MR) is 208 cm³/mol. The Kier molecular flexibility index (Phi) is 12.4. The molecular weight excluding hydrogens is 754 g/mol. The number of aryl methyl sites for hydroxylation is 2. The summed E-state index contributed by atoms with van der Waals surface area (Å²) in [6, 6.07) is 13.6. The van der Waals surface area contributed by atoms with Crippen molar-refractivity contribution in [2.45, 2.75) is 39.0 Å². The number of fused-ring (bicyclic) bond motifs is 2. The van der Waals surface area contributed by atoms with E-state index in [0.717, 1.165) is 27.9 Å². The minimum atomic E-state index is -4.25. The van der Waals surface area contributed by atoms with E-state index in [4.69, 9.17) is 4.74 Å². The van der Waals surface area contributed by atoms with E-state index in [1.165, 1.54) is 13.2 Å². The average Bonchev–Trinajstić information content (AvgIpc) is 3.78. The molecule has 6 aromatic rings. The lowest BCUT2D eigenvalue weighted by Gasteiger charge is -2.12. The number of carboxylic acid groups (broad SMARTS) is 1. The van der Waals surface area contributed by atoms with Crippen LogP contribution in [0.15, 0.2) is 86.5 Å². The summed E-state index contributed by atoms with van der Waals surface area (Å²) in [5.74, 6) is -1.43. The average molecular weight is 793 g/mol. The van der Waals surface area contributed by atoms with Crippen molar-refractivity contribution in [2.24, 2.45) is 0 Å². The summed E-state index contributed by atoms with van der Waals surface area (Å²) in [4.78, 5) is 31.7. The zero-order valence-corrected chi connectivity index (χ0v) is 31.1. The number of methoxy groups -OCH3 is 1. The van der Waals surface area contributed by atoms with Gasteiger partial charge in [-0.1, -0.05) is 37.4 Å². The Bertz CT molecular complexity index is 2470. The second-order valence-corrected chi connectivity index (χ2v) is 12.9. The number of aromatic carboxylic acids is 1. The number of hydrogen-bond donors (Lipinski definition) is 3. The number of carbonyl (C=O) groups is 2. The first kappa shape index (κ1) is 41.6. The van der Waals surface area contributed by atoms with E-state index in [1.54, 1.807) is 89.8 Å². The van der Waals surface area contributed by atoms with Crippen LogP contribution < -0.4 is 10.6 Å². The third-order valence-corrected chi connectivity index (χ3v) is 8.85. The molecule has 10 nitrogen and oxygen atoms in total. The molecule has 0 spiro atoms. The number of carbonyl (C=O) groups excluding carboxylic acids is 1. The van der Waals surface area contributed by atoms with Gasteiger partial charge in [0.1, 0.15) is 0 Å². The van der Waals surface area contributed by atoms with Crippen LogP contribution in [-0.4, -0.2) is 68.4 Å². The Hall–Kier alpha value is -6.58. The van der Waals surface area contributed by atoms with Gasteiger partial charge in [0.25, 0.3) is 0 Å². The molecule has 0 bridgehead atoms. The van der Waals surface area contributed by atoms with Crippen molar-refractivity contribution in [1.82, 2.24) is 18.8 Å². The molecule has 2 aromatic carbocycles. The fraction of sp³-hybridized carbons (Fsp3) is 0.220. The SMILES string of the molecule is C=Cc1cc(NCCC(F)(F)F)c2ncc(-c3ccc(C(=O)O)c(C)c3)n2c1.C=Cc1cc(NCCC(F)(F)F)c2ncc(-c3ccc(C(=O)OC)c(C)c3)n2c1. The summed E-state index contributed by atoms with van der Waals surface area (Å²) < 4.78 is 83.1. The van der Waals surface area contributed by atoms with Gasteiger partial charge in [-0.15, -0.1) is 0 Å². The van der Waals surface area contributed by atoms with E-state index in [1.807, 2.05) is 12.3 Å². The number of ether oxygens (including phenoxy) is 1. The lowest BCUT2D eigenvalue weighted by molar-refractivity contribution is -0.132. The molecule has 0 aliphatic carbocycles. The molecule has 298 valence electrons. The van der Waals surface area contributed by atoms with Gasteiger partial charge < -0.3 is 20.5 Å². The zero-order chi connectivity index (χ0) is 41.7. The van der Waals surface area contributed by atoms with E-state index in [2.05, 4.69) is 33.8 Å². The number of imidazole rings is 2. The van der Waals surface area contributed by atoms with Gasteiger partial charge in [0.05, 0.1) is 66.2 Å². The number of esters is 1. The van der Waals surface area contributed by atoms with Crippen molar-refractivity contribution in [3.8, 4) is 22.5 Å². The molecule has 4 aromatic heterocycles. The van der Waals surface area contributed by atoms with Crippen LogP contribution in [0, 0.1) is 13.8 Å². The summed E-state index contributed by atoms with van der Waals surface area (Å²) >= 11 is 0. The number of aromatic nitrogens is 4. The van der Waals surface area contributed by atoms with Gasteiger partial charge in [-0.05, 0) is 72.5 Å². The number of alkyl halides is 6. The van der Waals surface area contributed by atoms with E-state index < -0.39 is 37.1 Å². The predicted octanol–water partition coefficient (Wildman–Crippen LogP) is 10.1. The molecule has 0 radical (unpaired) electrons. The Morgan fingerprint density at radius 2 is 1.16 bits per heavy atom. The molecule has 6 rings (SSSR count). The quantitative estimate of drug-likeness (QED) is 0.0827. The van der Waals surface area contributed by atoms with Gasteiger partial charge >= 0.3 is 24.3 Å². The van der Waals surface area contributed by atoms with Crippen LogP contribution in [0.25, 0.3) is 46.0 Å². The highest BCUT2D eigenvalue weighted by Gasteiger charge is 2.27. The van der Waals surface area contributed by atoms with Gasteiger partial charge in [0, 0.05) is 36.6 Å². The first-order valence-corrected chi connectivity index (χ1v) is 17.3. The maximum atomic E-state index is 12.5. The summed E-state index contributed by atoms with van der Waals surface area (Å²) in [6.45, 7) is 10.5. The molecule has 0 amide bonds. The van der Waals surface area contributed by atoms with Crippen LogP contribution in [0.5, 0.6) is 0 Å². The number of pyridine rings is 2. The molecule has 0 unspecified atom stereocenters. The number of hydrogen-bond acceptors (Lipinski definition) is 7. The summed E-state index contributed by atoms with van der Waals surface area (Å²) in [5.41, 5.74) is 8.37. The lowest BCUT2D eigenvalue weighted by atomic mass is 10.0. The number of carboxylic acids is 1. The lowest BCUT2D eigenvalue weighted by Crippen LogP contribution is -2.15. The maximum absolute atomic E-state index is 12.5. The van der Waals surface area contributed by atoms with E-state index in [0.29, 0.717) is 45.1 Å². The van der Waals surface area contributed by atoms with Crippen molar-refractivity contribution < 1.29 is 45.8 Å². The molecule has 57 heavy (non-hydrogen) atoms. The standard InChI is InChI=1S/C21H20F3N3O2.C20H18F3N3O2/c1-4-14-10-17(25-8-7-21(22,23)24)19-26-11-18(27(19)12-14)15-5-6-16(13(2)9-15)20(28)29-3;1-3-13-9-16(24-7-6-20(21,22)23)18-25-10-17(26(18)11-13)14-4-5-15(19(27)28)12(2)8-14/h4-6,9-12,25H,1,7-8H2,2-3H3;3-5,8-11,24H,1,6-7H2,2H3,(H,27,28). The van der Waals surface area contributed by atoms with Crippen molar-refractivity contribution in [2.75, 3.05) is 30.8 Å². The van der Waals surface area contributed by atoms with Crippen LogP contribution in [0.3, 0.4) is 0 Å². The summed E-state index contributed by atoms with van der Waals surface area (Å²) in [7, 11) is 1.32. The fourth-order valence-electron chi connectivity index (χ4n) is 6.03. The fourth-order valence-corrected chi connectivity index (χ4v) is 6.03. The van der Waals surface area contributed by atoms with Crippen LogP contribution >= 0.6 is 0 Å². The molecular formula is C41H38F6N6O4. The molecule has 0 fully saturated rings. The number of halogens is 6. The van der Waals surface area contributed by atoms with Gasteiger partial charge in [-0.25, -0.2) is 19.6 Å². The molecule has 0 aliphatic rings. The number of benzene rings is 2. The smallest absolute Gasteiger partial charge is 0.390 e. The van der Waals surface area contributed by atoms with E-state index in [-0.39, 0.29) is 18.7 Å². The number of nitrogens with zero attached hydrogens (tertiary/aromatic N) is 4.